The zero-order valence-electron chi connectivity index (χ0n) is 9.79. The summed E-state index contributed by atoms with van der Waals surface area (Å²) in [7, 11) is 0. The van der Waals surface area contributed by atoms with Crippen molar-refractivity contribution in [3.63, 3.8) is 0 Å². The van der Waals surface area contributed by atoms with Gasteiger partial charge >= 0.3 is 0 Å². The Labute approximate surface area is 92.9 Å². The van der Waals surface area contributed by atoms with E-state index in [-0.39, 0.29) is 0 Å². The summed E-state index contributed by atoms with van der Waals surface area (Å²) in [6.07, 6.45) is 3.76. The van der Waals surface area contributed by atoms with E-state index in [9.17, 15) is 0 Å². The second kappa shape index (κ2) is 4.80. The molecule has 0 aliphatic carbocycles. The molecule has 1 saturated heterocycles. The van der Waals surface area contributed by atoms with Crippen LogP contribution in [0.2, 0.25) is 0 Å². The number of hydrogen-bond donors (Lipinski definition) is 1. The van der Waals surface area contributed by atoms with Crippen LogP contribution in [-0.2, 0) is 6.42 Å². The Kier molecular flexibility index (Phi) is 3.42. The standard InChI is InChI=1S/C14H21N/c1-3-11-7-5-6-8-13(11)14-12(4-2)9-10-15-14/h5-8,12,14-15H,3-4,9-10H2,1-2H3. The lowest BCUT2D eigenvalue weighted by atomic mass is 9.89. The van der Waals surface area contributed by atoms with Gasteiger partial charge in [0.05, 0.1) is 0 Å². The molecule has 2 rings (SSSR count). The second-order valence-corrected chi connectivity index (χ2v) is 4.44. The van der Waals surface area contributed by atoms with Gasteiger partial charge in [0.25, 0.3) is 0 Å². The molecule has 0 spiro atoms. The first-order valence-electron chi connectivity index (χ1n) is 6.18. The quantitative estimate of drug-likeness (QED) is 0.794. The highest BCUT2D eigenvalue weighted by Crippen LogP contribution is 2.33. The van der Waals surface area contributed by atoms with E-state index < -0.39 is 0 Å². The molecule has 1 aromatic carbocycles. The molecule has 0 radical (unpaired) electrons. The summed E-state index contributed by atoms with van der Waals surface area (Å²) in [4.78, 5) is 0. The fraction of sp³-hybridized carbons (Fsp3) is 0.571. The van der Waals surface area contributed by atoms with Crippen LogP contribution in [0.1, 0.15) is 43.9 Å². The molecule has 0 bridgehead atoms. The third kappa shape index (κ3) is 2.07. The minimum atomic E-state index is 0.603. The Hall–Kier alpha value is -0.820. The summed E-state index contributed by atoms with van der Waals surface area (Å²) < 4.78 is 0. The van der Waals surface area contributed by atoms with Gasteiger partial charge in [0.15, 0.2) is 0 Å². The highest BCUT2D eigenvalue weighted by atomic mass is 15.0. The molecule has 0 amide bonds. The maximum absolute atomic E-state index is 3.65. The van der Waals surface area contributed by atoms with Crippen LogP contribution in [0.5, 0.6) is 0 Å². The molecule has 1 heterocycles. The molecule has 1 fully saturated rings. The van der Waals surface area contributed by atoms with Crippen LogP contribution in [0.25, 0.3) is 0 Å². The van der Waals surface area contributed by atoms with E-state index in [0.29, 0.717) is 6.04 Å². The Morgan fingerprint density at radius 1 is 1.27 bits per heavy atom. The second-order valence-electron chi connectivity index (χ2n) is 4.44. The smallest absolute Gasteiger partial charge is 0.0351 e. The van der Waals surface area contributed by atoms with Gasteiger partial charge in [-0.1, -0.05) is 44.5 Å². The summed E-state index contributed by atoms with van der Waals surface area (Å²) in [6.45, 7) is 5.73. The Morgan fingerprint density at radius 3 is 2.80 bits per heavy atom. The first-order chi connectivity index (χ1) is 7.36. The SMILES string of the molecule is CCc1ccccc1C1NCCC1CC. The first-order valence-corrected chi connectivity index (χ1v) is 6.18. The number of aryl methyl sites for hydroxylation is 1. The number of nitrogens with one attached hydrogen (secondary N) is 1. The van der Waals surface area contributed by atoms with Gasteiger partial charge in [-0.05, 0) is 36.4 Å². The van der Waals surface area contributed by atoms with E-state index in [0.717, 1.165) is 12.3 Å². The predicted octanol–water partition coefficient (Wildman–Crippen LogP) is 3.31. The van der Waals surface area contributed by atoms with Crippen molar-refractivity contribution in [2.75, 3.05) is 6.54 Å². The molecule has 1 aliphatic heterocycles. The Bertz CT molecular complexity index is 319. The number of hydrogen-bond acceptors (Lipinski definition) is 1. The zero-order valence-corrected chi connectivity index (χ0v) is 9.79. The summed E-state index contributed by atoms with van der Waals surface area (Å²) in [5, 5.41) is 3.65. The average molecular weight is 203 g/mol. The molecule has 2 atom stereocenters. The van der Waals surface area contributed by atoms with Crippen molar-refractivity contribution in [3.05, 3.63) is 35.4 Å². The molecule has 0 aromatic heterocycles. The molecule has 1 aromatic rings. The molecule has 0 saturated carbocycles. The van der Waals surface area contributed by atoms with E-state index >= 15 is 0 Å². The molecule has 15 heavy (non-hydrogen) atoms. The lowest BCUT2D eigenvalue weighted by Gasteiger charge is -2.21. The summed E-state index contributed by atoms with van der Waals surface area (Å²) in [5.41, 5.74) is 3.04. The Balaban J connectivity index is 2.27. The van der Waals surface area contributed by atoms with Crippen LogP contribution >= 0.6 is 0 Å². The van der Waals surface area contributed by atoms with Crippen molar-refractivity contribution >= 4 is 0 Å². The fourth-order valence-corrected chi connectivity index (χ4v) is 2.72. The summed E-state index contributed by atoms with van der Waals surface area (Å²) in [5.74, 6) is 0.831. The third-order valence-corrected chi connectivity index (χ3v) is 3.65. The molecular weight excluding hydrogens is 182 g/mol. The minimum Gasteiger partial charge on any atom is -0.310 e. The van der Waals surface area contributed by atoms with E-state index in [1.807, 2.05) is 0 Å². The first kappa shape index (κ1) is 10.7. The number of rotatable bonds is 3. The van der Waals surface area contributed by atoms with Crippen molar-refractivity contribution in [2.24, 2.45) is 5.92 Å². The third-order valence-electron chi connectivity index (χ3n) is 3.65. The monoisotopic (exact) mass is 203 g/mol. The maximum atomic E-state index is 3.65. The van der Waals surface area contributed by atoms with Gasteiger partial charge in [-0.15, -0.1) is 0 Å². The van der Waals surface area contributed by atoms with Gasteiger partial charge in [-0.2, -0.15) is 0 Å². The molecule has 1 heteroatoms. The van der Waals surface area contributed by atoms with Crippen LogP contribution in [0, 0.1) is 5.92 Å². The zero-order chi connectivity index (χ0) is 10.7. The molecular formula is C14H21N. The van der Waals surface area contributed by atoms with E-state index in [2.05, 4.69) is 43.4 Å². The van der Waals surface area contributed by atoms with Crippen LogP contribution in [0.4, 0.5) is 0 Å². The molecule has 1 nitrogen and oxygen atoms in total. The number of benzene rings is 1. The van der Waals surface area contributed by atoms with Gasteiger partial charge in [-0.3, -0.25) is 0 Å². The van der Waals surface area contributed by atoms with Crippen LogP contribution < -0.4 is 5.32 Å². The highest BCUT2D eigenvalue weighted by molar-refractivity contribution is 5.31. The van der Waals surface area contributed by atoms with Crippen molar-refractivity contribution in [1.29, 1.82) is 0 Å². The van der Waals surface area contributed by atoms with Crippen LogP contribution in [-0.4, -0.2) is 6.54 Å². The fourth-order valence-electron chi connectivity index (χ4n) is 2.72. The molecule has 2 unspecified atom stereocenters. The minimum absolute atomic E-state index is 0.603. The normalized spacial score (nSPS) is 25.7. The average Bonchev–Trinajstić information content (AvgIpc) is 2.76. The Morgan fingerprint density at radius 2 is 2.07 bits per heavy atom. The van der Waals surface area contributed by atoms with Crippen molar-refractivity contribution in [3.8, 4) is 0 Å². The predicted molar refractivity (Wildman–Crippen MR) is 65.0 cm³/mol. The van der Waals surface area contributed by atoms with Crippen molar-refractivity contribution < 1.29 is 0 Å². The molecule has 1 N–H and O–H groups in total. The largest absolute Gasteiger partial charge is 0.310 e. The van der Waals surface area contributed by atoms with Gasteiger partial charge in [-0.25, -0.2) is 0 Å². The summed E-state index contributed by atoms with van der Waals surface area (Å²) >= 11 is 0. The van der Waals surface area contributed by atoms with E-state index in [4.69, 9.17) is 0 Å². The highest BCUT2D eigenvalue weighted by Gasteiger charge is 2.27. The molecule has 1 aliphatic rings. The topological polar surface area (TPSA) is 12.0 Å². The summed E-state index contributed by atoms with van der Waals surface area (Å²) in [6, 6.07) is 9.48. The van der Waals surface area contributed by atoms with Gasteiger partial charge in [0.2, 0.25) is 0 Å². The van der Waals surface area contributed by atoms with Crippen LogP contribution in [0.15, 0.2) is 24.3 Å². The van der Waals surface area contributed by atoms with Gasteiger partial charge in [0.1, 0.15) is 0 Å². The lowest BCUT2D eigenvalue weighted by Crippen LogP contribution is -2.19. The van der Waals surface area contributed by atoms with Crippen LogP contribution in [0.3, 0.4) is 0 Å². The van der Waals surface area contributed by atoms with Gasteiger partial charge < -0.3 is 5.32 Å². The lowest BCUT2D eigenvalue weighted by molar-refractivity contribution is 0.447. The van der Waals surface area contributed by atoms with E-state index in [1.54, 1.807) is 0 Å². The van der Waals surface area contributed by atoms with Crippen molar-refractivity contribution in [1.82, 2.24) is 5.32 Å². The van der Waals surface area contributed by atoms with Gasteiger partial charge in [0, 0.05) is 6.04 Å². The van der Waals surface area contributed by atoms with E-state index in [1.165, 1.54) is 30.5 Å². The maximum Gasteiger partial charge on any atom is 0.0351 e. The van der Waals surface area contributed by atoms with Crippen molar-refractivity contribution in [2.45, 2.75) is 39.2 Å². The molecule has 82 valence electrons.